The van der Waals surface area contributed by atoms with E-state index in [4.69, 9.17) is 0 Å². The van der Waals surface area contributed by atoms with E-state index in [1.165, 1.54) is 19.3 Å². The molecule has 0 atom stereocenters. The van der Waals surface area contributed by atoms with Crippen LogP contribution in [-0.2, 0) is 9.84 Å². The number of hydrogen-bond acceptors (Lipinski definition) is 3. The van der Waals surface area contributed by atoms with Gasteiger partial charge < -0.3 is 10.6 Å². The number of rotatable bonds is 7. The minimum absolute atomic E-state index is 0. The molecule has 0 heterocycles. The molecule has 0 aliphatic heterocycles. The van der Waals surface area contributed by atoms with Crippen LogP contribution in [0.1, 0.15) is 32.6 Å². The number of nitrogens with one attached hydrogen (secondary N) is 2. The van der Waals surface area contributed by atoms with Crippen molar-refractivity contribution >= 4 is 55.7 Å². The van der Waals surface area contributed by atoms with Crippen molar-refractivity contribution in [1.29, 1.82) is 0 Å². The number of nitrogens with zero attached hydrogens (tertiary/aromatic N) is 1. The van der Waals surface area contributed by atoms with Crippen molar-refractivity contribution in [3.8, 4) is 0 Å². The monoisotopic (exact) mass is 543 g/mol. The van der Waals surface area contributed by atoms with Crippen molar-refractivity contribution in [1.82, 2.24) is 10.6 Å². The third-order valence-corrected chi connectivity index (χ3v) is 7.12. The largest absolute Gasteiger partial charge is 0.356 e. The fourth-order valence-corrected chi connectivity index (χ4v) is 4.31. The molecule has 0 saturated heterocycles. The van der Waals surface area contributed by atoms with E-state index in [1.54, 1.807) is 31.3 Å². The van der Waals surface area contributed by atoms with Gasteiger partial charge in [0, 0.05) is 24.6 Å². The van der Waals surface area contributed by atoms with Crippen LogP contribution in [0.5, 0.6) is 0 Å². The van der Waals surface area contributed by atoms with Gasteiger partial charge in [0.1, 0.15) is 0 Å². The normalized spacial score (nSPS) is 16.5. The predicted molar refractivity (Wildman–Crippen MR) is 118 cm³/mol. The molecule has 0 amide bonds. The van der Waals surface area contributed by atoms with Crippen molar-refractivity contribution in [2.75, 3.05) is 25.9 Å². The van der Waals surface area contributed by atoms with E-state index < -0.39 is 9.84 Å². The second-order valence-electron chi connectivity index (χ2n) is 6.33. The SMILES string of the molecule is CCC1(CNC(=NC)NCCS(=O)(=O)c2ccc(Br)cc2)CCC1.I. The zero-order valence-corrected chi connectivity index (χ0v) is 19.5. The molecule has 1 saturated carbocycles. The van der Waals surface area contributed by atoms with E-state index in [-0.39, 0.29) is 29.7 Å². The lowest BCUT2D eigenvalue weighted by Crippen LogP contribution is -2.47. The molecular formula is C17H27BrIN3O2S. The van der Waals surface area contributed by atoms with Gasteiger partial charge in [0.15, 0.2) is 15.8 Å². The number of hydrogen-bond donors (Lipinski definition) is 2. The van der Waals surface area contributed by atoms with Crippen molar-refractivity contribution < 1.29 is 8.42 Å². The van der Waals surface area contributed by atoms with E-state index in [0.29, 0.717) is 22.8 Å². The third kappa shape index (κ3) is 6.39. The van der Waals surface area contributed by atoms with Crippen LogP contribution in [0.15, 0.2) is 38.6 Å². The van der Waals surface area contributed by atoms with Crippen LogP contribution in [0.25, 0.3) is 0 Å². The summed E-state index contributed by atoms with van der Waals surface area (Å²) >= 11 is 3.31. The molecule has 1 aromatic rings. The standard InChI is InChI=1S/C17H26BrN3O2S.HI/c1-3-17(9-4-10-17)13-21-16(19-2)20-11-12-24(22,23)15-7-5-14(18)6-8-15;/h5-8H,3-4,9-13H2,1-2H3,(H2,19,20,21);1H. The number of sulfone groups is 1. The highest BCUT2D eigenvalue weighted by Crippen LogP contribution is 2.42. The minimum atomic E-state index is -3.29. The van der Waals surface area contributed by atoms with Crippen molar-refractivity contribution in [2.24, 2.45) is 10.4 Å². The van der Waals surface area contributed by atoms with Crippen LogP contribution in [0.3, 0.4) is 0 Å². The quantitative estimate of drug-likeness (QED) is 0.313. The average molecular weight is 544 g/mol. The molecule has 142 valence electrons. The number of halogens is 2. The Labute approximate surface area is 176 Å². The van der Waals surface area contributed by atoms with E-state index >= 15 is 0 Å². The number of benzene rings is 1. The maximum atomic E-state index is 12.3. The van der Waals surface area contributed by atoms with E-state index in [2.05, 4.69) is 38.5 Å². The Balaban J connectivity index is 0.00000312. The highest BCUT2D eigenvalue weighted by Gasteiger charge is 2.34. The highest BCUT2D eigenvalue weighted by atomic mass is 127. The molecule has 5 nitrogen and oxygen atoms in total. The molecule has 1 aliphatic carbocycles. The first-order valence-corrected chi connectivity index (χ1v) is 10.8. The molecule has 0 unspecified atom stereocenters. The van der Waals surface area contributed by atoms with Crippen LogP contribution in [0, 0.1) is 5.41 Å². The second-order valence-corrected chi connectivity index (χ2v) is 9.36. The van der Waals surface area contributed by atoms with Crippen LogP contribution in [-0.4, -0.2) is 40.3 Å². The third-order valence-electron chi connectivity index (χ3n) is 4.85. The molecule has 0 radical (unpaired) electrons. The van der Waals surface area contributed by atoms with Gasteiger partial charge >= 0.3 is 0 Å². The molecule has 0 aromatic heterocycles. The van der Waals surface area contributed by atoms with E-state index in [9.17, 15) is 8.42 Å². The van der Waals surface area contributed by atoms with Gasteiger partial charge in [-0.05, 0) is 48.9 Å². The average Bonchev–Trinajstić information content (AvgIpc) is 2.52. The smallest absolute Gasteiger partial charge is 0.191 e. The van der Waals surface area contributed by atoms with E-state index in [0.717, 1.165) is 17.4 Å². The maximum absolute atomic E-state index is 12.3. The molecule has 1 aromatic carbocycles. The second kappa shape index (κ2) is 10.1. The Morgan fingerprint density at radius 2 is 1.88 bits per heavy atom. The predicted octanol–water partition coefficient (Wildman–Crippen LogP) is 3.59. The van der Waals surface area contributed by atoms with Crippen LogP contribution < -0.4 is 10.6 Å². The van der Waals surface area contributed by atoms with Crippen molar-refractivity contribution in [3.05, 3.63) is 28.7 Å². The molecular weight excluding hydrogens is 517 g/mol. The summed E-state index contributed by atoms with van der Waals surface area (Å²) in [6.45, 7) is 3.45. The van der Waals surface area contributed by atoms with Gasteiger partial charge in [0.2, 0.25) is 0 Å². The van der Waals surface area contributed by atoms with Gasteiger partial charge in [-0.3, -0.25) is 4.99 Å². The van der Waals surface area contributed by atoms with Crippen LogP contribution in [0.4, 0.5) is 0 Å². The summed E-state index contributed by atoms with van der Waals surface area (Å²) in [4.78, 5) is 4.52. The Hall–Kier alpha value is -0.350. The number of guanidine groups is 1. The summed E-state index contributed by atoms with van der Waals surface area (Å²) in [5, 5.41) is 6.44. The minimum Gasteiger partial charge on any atom is -0.356 e. The molecule has 2 N–H and O–H groups in total. The molecule has 25 heavy (non-hydrogen) atoms. The summed E-state index contributed by atoms with van der Waals surface area (Å²) in [5.74, 6) is 0.703. The molecule has 0 spiro atoms. The molecule has 1 fully saturated rings. The van der Waals surface area contributed by atoms with Crippen molar-refractivity contribution in [2.45, 2.75) is 37.5 Å². The molecule has 0 bridgehead atoms. The van der Waals surface area contributed by atoms with Crippen LogP contribution >= 0.6 is 39.9 Å². The highest BCUT2D eigenvalue weighted by molar-refractivity contribution is 14.0. The first kappa shape index (κ1) is 22.7. The van der Waals surface area contributed by atoms with Crippen molar-refractivity contribution in [3.63, 3.8) is 0 Å². The topological polar surface area (TPSA) is 70.6 Å². The van der Waals surface area contributed by atoms with Gasteiger partial charge in [-0.25, -0.2) is 8.42 Å². The van der Waals surface area contributed by atoms with E-state index in [1.807, 2.05) is 0 Å². The maximum Gasteiger partial charge on any atom is 0.191 e. The lowest BCUT2D eigenvalue weighted by molar-refractivity contribution is 0.131. The van der Waals surface area contributed by atoms with Gasteiger partial charge in [-0.1, -0.05) is 29.3 Å². The summed E-state index contributed by atoms with van der Waals surface area (Å²) in [6.07, 6.45) is 4.97. The van der Waals surface area contributed by atoms with Gasteiger partial charge in [-0.15, -0.1) is 24.0 Å². The fourth-order valence-electron chi connectivity index (χ4n) is 2.89. The van der Waals surface area contributed by atoms with Gasteiger partial charge in [-0.2, -0.15) is 0 Å². The van der Waals surface area contributed by atoms with Crippen LogP contribution in [0.2, 0.25) is 0 Å². The Kier molecular flexibility index (Phi) is 9.17. The Morgan fingerprint density at radius 3 is 2.36 bits per heavy atom. The fraction of sp³-hybridized carbons (Fsp3) is 0.588. The summed E-state index contributed by atoms with van der Waals surface area (Å²) in [7, 11) is -1.58. The zero-order chi connectivity index (χ0) is 17.6. The first-order chi connectivity index (χ1) is 11.4. The lowest BCUT2D eigenvalue weighted by atomic mass is 9.67. The lowest BCUT2D eigenvalue weighted by Gasteiger charge is -2.41. The first-order valence-electron chi connectivity index (χ1n) is 8.34. The molecule has 8 heteroatoms. The summed E-state index contributed by atoms with van der Waals surface area (Å²) in [6, 6.07) is 6.72. The Morgan fingerprint density at radius 1 is 1.24 bits per heavy atom. The molecule has 2 rings (SSSR count). The van der Waals surface area contributed by atoms with Gasteiger partial charge in [0.05, 0.1) is 10.6 Å². The Bertz CT molecular complexity index is 668. The number of aliphatic imine (C=N–C) groups is 1. The summed E-state index contributed by atoms with van der Waals surface area (Å²) in [5.41, 5.74) is 0.390. The van der Waals surface area contributed by atoms with Gasteiger partial charge in [0.25, 0.3) is 0 Å². The zero-order valence-electron chi connectivity index (χ0n) is 14.7. The summed E-state index contributed by atoms with van der Waals surface area (Å²) < 4.78 is 25.5. The molecule has 1 aliphatic rings.